The number of esters is 1. The van der Waals surface area contributed by atoms with Crippen LogP contribution in [-0.2, 0) is 19.1 Å². The lowest BCUT2D eigenvalue weighted by atomic mass is 9.76. The maximum absolute atomic E-state index is 13.3. The Hall–Kier alpha value is -3.62. The van der Waals surface area contributed by atoms with Gasteiger partial charge < -0.3 is 30.3 Å². The average molecular weight is 469 g/mol. The average Bonchev–Trinajstić information content (AvgIpc) is 3.55. The molecule has 1 aliphatic carbocycles. The summed E-state index contributed by atoms with van der Waals surface area (Å²) in [6.07, 6.45) is -0.189. The van der Waals surface area contributed by atoms with E-state index in [1.807, 2.05) is 31.2 Å². The van der Waals surface area contributed by atoms with E-state index in [1.165, 1.54) is 7.11 Å². The topological polar surface area (TPSA) is 97.1 Å². The smallest absolute Gasteiger partial charge is 0.331 e. The summed E-state index contributed by atoms with van der Waals surface area (Å²) in [5.41, 5.74) is 12.4. The zero-order valence-electron chi connectivity index (χ0n) is 19.4. The summed E-state index contributed by atoms with van der Waals surface area (Å²) < 4.78 is 12.1. The van der Waals surface area contributed by atoms with Crippen molar-refractivity contribution < 1.29 is 19.1 Å². The molecule has 0 aromatic heterocycles. The maximum Gasteiger partial charge on any atom is 0.331 e. The van der Waals surface area contributed by atoms with Gasteiger partial charge in [0.05, 0.1) is 24.8 Å². The highest BCUT2D eigenvalue weighted by molar-refractivity contribution is 6.18. The van der Waals surface area contributed by atoms with E-state index in [0.29, 0.717) is 6.54 Å². The second-order valence-corrected chi connectivity index (χ2v) is 10.3. The fourth-order valence-corrected chi connectivity index (χ4v) is 7.54. The number of rotatable bonds is 1. The summed E-state index contributed by atoms with van der Waals surface area (Å²) in [4.78, 5) is 31.0. The van der Waals surface area contributed by atoms with Crippen LogP contribution in [0.2, 0.25) is 0 Å². The fourth-order valence-electron chi connectivity index (χ4n) is 7.54. The van der Waals surface area contributed by atoms with Gasteiger partial charge in [0.15, 0.2) is 11.3 Å². The van der Waals surface area contributed by atoms with E-state index in [1.54, 1.807) is 0 Å². The minimum Gasteiger partial charge on any atom is -0.468 e. The molecule has 3 fully saturated rings. The fraction of sp³-hybridized carbons (Fsp3) is 0.333. The molecule has 5 heterocycles. The number of fused-ring (bicyclic) bond motifs is 11. The molecule has 0 saturated carbocycles. The number of amides is 1. The van der Waals surface area contributed by atoms with Crippen LogP contribution in [0.1, 0.15) is 24.5 Å². The number of nitrogens with zero attached hydrogens (tertiary/aromatic N) is 2. The first-order valence-electron chi connectivity index (χ1n) is 12.0. The number of methoxy groups -OCH3 is 1. The molecule has 8 nitrogen and oxygen atoms in total. The monoisotopic (exact) mass is 468 g/mol. The molecule has 8 rings (SSSR count). The molecule has 5 aliphatic heterocycles. The van der Waals surface area contributed by atoms with Gasteiger partial charge in [0, 0.05) is 35.5 Å². The van der Waals surface area contributed by atoms with Crippen molar-refractivity contribution in [2.24, 2.45) is 5.73 Å². The van der Waals surface area contributed by atoms with Gasteiger partial charge in [-0.05, 0) is 35.8 Å². The molecule has 3 N–H and O–H groups in total. The van der Waals surface area contributed by atoms with Crippen LogP contribution >= 0.6 is 0 Å². The van der Waals surface area contributed by atoms with Crippen LogP contribution in [0.3, 0.4) is 0 Å². The summed E-state index contributed by atoms with van der Waals surface area (Å²) in [7, 11) is 1.37. The highest BCUT2D eigenvalue weighted by Gasteiger charge is 2.72. The third kappa shape index (κ3) is 1.94. The Labute approximate surface area is 202 Å². The number of carbonyl (C=O) groups is 2. The summed E-state index contributed by atoms with van der Waals surface area (Å²) in [5, 5.41) is 3.08. The lowest BCUT2D eigenvalue weighted by molar-refractivity contribution is -0.154. The first-order chi connectivity index (χ1) is 16.9. The predicted molar refractivity (Wildman–Crippen MR) is 129 cm³/mol. The summed E-state index contributed by atoms with van der Waals surface area (Å²) in [6.45, 7) is 2.39. The summed E-state index contributed by atoms with van der Waals surface area (Å²) in [6, 6.07) is 16.0. The Morgan fingerprint density at radius 2 is 1.77 bits per heavy atom. The van der Waals surface area contributed by atoms with Crippen molar-refractivity contribution in [2.75, 3.05) is 23.5 Å². The molecule has 5 atom stereocenters. The van der Waals surface area contributed by atoms with Crippen LogP contribution in [0.15, 0.2) is 59.7 Å². The van der Waals surface area contributed by atoms with Crippen LogP contribution in [-0.4, -0.2) is 55.1 Å². The van der Waals surface area contributed by atoms with Gasteiger partial charge in [0.25, 0.3) is 5.91 Å². The largest absolute Gasteiger partial charge is 0.468 e. The molecule has 2 bridgehead atoms. The van der Waals surface area contributed by atoms with Gasteiger partial charge in [0.2, 0.25) is 0 Å². The SMILES string of the molecule is COC(=O)C1(N)C[C@@H]2O[C@@]1(C)N1c3ccccc3C3=C4CNC(=O)C4=C4c5ccccc5N2C4C31. The van der Waals surface area contributed by atoms with Crippen LogP contribution in [0.5, 0.6) is 0 Å². The molecule has 176 valence electrons. The second-order valence-electron chi connectivity index (χ2n) is 10.3. The number of benzene rings is 2. The molecule has 2 aromatic carbocycles. The Morgan fingerprint density at radius 1 is 1.09 bits per heavy atom. The van der Waals surface area contributed by atoms with Gasteiger partial charge >= 0.3 is 5.97 Å². The van der Waals surface area contributed by atoms with Gasteiger partial charge in [-0.25, -0.2) is 4.79 Å². The van der Waals surface area contributed by atoms with Gasteiger partial charge in [0.1, 0.15) is 6.23 Å². The normalized spacial score (nSPS) is 34.9. The Balaban J connectivity index is 1.52. The molecule has 2 aromatic rings. The van der Waals surface area contributed by atoms with Crippen molar-refractivity contribution in [3.05, 3.63) is 70.8 Å². The first-order valence-corrected chi connectivity index (χ1v) is 12.0. The number of nitrogens with one attached hydrogen (secondary N) is 1. The van der Waals surface area contributed by atoms with E-state index in [-0.39, 0.29) is 24.4 Å². The van der Waals surface area contributed by atoms with Gasteiger partial charge in [-0.15, -0.1) is 0 Å². The van der Waals surface area contributed by atoms with Crippen LogP contribution in [0, 0.1) is 0 Å². The third-order valence-corrected chi connectivity index (χ3v) is 8.95. The van der Waals surface area contributed by atoms with E-state index >= 15 is 0 Å². The molecule has 1 amide bonds. The number of ether oxygens (including phenoxy) is 2. The van der Waals surface area contributed by atoms with Crippen LogP contribution < -0.4 is 20.9 Å². The van der Waals surface area contributed by atoms with E-state index in [0.717, 1.165) is 44.8 Å². The number of anilines is 2. The number of nitrogens with two attached hydrogens (primary N) is 1. The Bertz CT molecular complexity index is 1460. The van der Waals surface area contributed by atoms with E-state index < -0.39 is 23.5 Å². The number of carbonyl (C=O) groups excluding carboxylic acids is 2. The highest BCUT2D eigenvalue weighted by atomic mass is 16.6. The van der Waals surface area contributed by atoms with E-state index in [2.05, 4.69) is 39.4 Å². The molecule has 0 spiro atoms. The number of para-hydroxylation sites is 2. The molecule has 6 aliphatic rings. The second kappa shape index (κ2) is 5.95. The lowest BCUT2D eigenvalue weighted by Crippen LogP contribution is -2.72. The van der Waals surface area contributed by atoms with Crippen molar-refractivity contribution in [1.29, 1.82) is 0 Å². The van der Waals surface area contributed by atoms with Crippen molar-refractivity contribution in [3.63, 3.8) is 0 Å². The Morgan fingerprint density at radius 3 is 2.51 bits per heavy atom. The van der Waals surface area contributed by atoms with Crippen LogP contribution in [0.4, 0.5) is 11.4 Å². The standard InChI is InChI=1S/C27H24N4O4/c1-26-27(28,25(33)34-2)11-18(35-26)30-16-9-5-3-7-13(16)20-21-15(12-29-24(21)32)19-14-8-4-6-10-17(14)31(26)23(19)22(20)30/h3-10,18,22-23H,11-12,28H2,1-2H3,(H,29,32)/t18-,22?,23?,26+,27?/m0/s1. The molecule has 3 unspecified atom stereocenters. The minimum atomic E-state index is -1.39. The minimum absolute atomic E-state index is 0.0298. The van der Waals surface area contributed by atoms with Gasteiger partial charge in [-0.2, -0.15) is 0 Å². The molecular weight excluding hydrogens is 444 g/mol. The summed E-state index contributed by atoms with van der Waals surface area (Å²) in [5.74, 6) is -0.519. The number of hydrogen-bond acceptors (Lipinski definition) is 7. The zero-order valence-corrected chi connectivity index (χ0v) is 19.4. The highest BCUT2D eigenvalue weighted by Crippen LogP contribution is 2.63. The zero-order chi connectivity index (χ0) is 23.9. The number of hydrogen-bond donors (Lipinski definition) is 2. The molecule has 3 saturated heterocycles. The lowest BCUT2D eigenvalue weighted by Gasteiger charge is -2.49. The van der Waals surface area contributed by atoms with Crippen molar-refractivity contribution in [1.82, 2.24) is 5.32 Å². The molecule has 0 radical (unpaired) electrons. The molecule has 35 heavy (non-hydrogen) atoms. The third-order valence-electron chi connectivity index (χ3n) is 8.95. The van der Waals surface area contributed by atoms with Gasteiger partial charge in [-0.1, -0.05) is 36.4 Å². The van der Waals surface area contributed by atoms with Crippen molar-refractivity contribution in [3.8, 4) is 0 Å². The van der Waals surface area contributed by atoms with Crippen molar-refractivity contribution in [2.45, 2.75) is 42.9 Å². The summed E-state index contributed by atoms with van der Waals surface area (Å²) >= 11 is 0. The van der Waals surface area contributed by atoms with Crippen molar-refractivity contribution >= 4 is 34.4 Å². The van der Waals surface area contributed by atoms with E-state index in [4.69, 9.17) is 15.2 Å². The Kier molecular flexibility index (Phi) is 3.34. The van der Waals surface area contributed by atoms with Gasteiger partial charge in [-0.3, -0.25) is 4.79 Å². The quantitative estimate of drug-likeness (QED) is 0.616. The van der Waals surface area contributed by atoms with E-state index in [9.17, 15) is 9.59 Å². The molecular formula is C27H24N4O4. The predicted octanol–water partition coefficient (Wildman–Crippen LogP) is 1.76. The maximum atomic E-state index is 13.3. The first kappa shape index (κ1) is 19.7. The van der Waals surface area contributed by atoms with Crippen LogP contribution in [0.25, 0.3) is 11.1 Å². The molecule has 8 heteroatoms.